The number of para-hydroxylation sites is 8. The van der Waals surface area contributed by atoms with Gasteiger partial charge >= 0.3 is 0 Å². The molecule has 64 heavy (non-hydrogen) atoms. The van der Waals surface area contributed by atoms with Crippen LogP contribution in [0.25, 0.3) is 121 Å². The van der Waals surface area contributed by atoms with E-state index in [0.717, 1.165) is 78.3 Å². The number of hydrogen-bond donors (Lipinski definition) is 0. The van der Waals surface area contributed by atoms with Crippen molar-refractivity contribution < 1.29 is 0 Å². The van der Waals surface area contributed by atoms with Gasteiger partial charge in [0.05, 0.1) is 49.8 Å². The van der Waals surface area contributed by atoms with Gasteiger partial charge in [0.15, 0.2) is 0 Å². The van der Waals surface area contributed by atoms with Crippen LogP contribution in [0, 0.1) is 0 Å². The zero-order chi connectivity index (χ0) is 41.9. The highest BCUT2D eigenvalue weighted by Gasteiger charge is 2.25. The quantitative estimate of drug-likeness (QED) is 0.170. The first-order valence-corrected chi connectivity index (χ1v) is 21.9. The van der Waals surface area contributed by atoms with Gasteiger partial charge < -0.3 is 9.13 Å². The summed E-state index contributed by atoms with van der Waals surface area (Å²) in [6, 6.07) is 81.5. The molecule has 0 saturated carbocycles. The van der Waals surface area contributed by atoms with Crippen LogP contribution in [0.2, 0.25) is 0 Å². The predicted molar refractivity (Wildman–Crippen MR) is 267 cm³/mol. The molecule has 298 valence electrons. The average molecular weight is 816 g/mol. The third-order valence-electron chi connectivity index (χ3n) is 13.4. The van der Waals surface area contributed by atoms with Crippen molar-refractivity contribution in [3.63, 3.8) is 0 Å². The number of fused-ring (bicyclic) bond motifs is 12. The molecule has 0 atom stereocenters. The maximum Gasteiger partial charge on any atom is 0.140 e. The van der Waals surface area contributed by atoms with Gasteiger partial charge in [-0.25, -0.2) is 4.98 Å². The summed E-state index contributed by atoms with van der Waals surface area (Å²) < 4.78 is 9.67. The Bertz CT molecular complexity index is 3910. The van der Waals surface area contributed by atoms with Crippen molar-refractivity contribution in [3.05, 3.63) is 224 Å². The van der Waals surface area contributed by atoms with Gasteiger partial charge in [0.1, 0.15) is 11.6 Å². The number of pyridine rings is 1. The molecule has 14 rings (SSSR count). The van der Waals surface area contributed by atoms with Crippen LogP contribution >= 0.6 is 0 Å². The lowest BCUT2D eigenvalue weighted by molar-refractivity contribution is 1.01. The Kier molecular flexibility index (Phi) is 7.33. The summed E-state index contributed by atoms with van der Waals surface area (Å²) in [5.41, 5.74) is 13.4. The Morgan fingerprint density at radius 1 is 0.266 bits per heavy atom. The zero-order valence-electron chi connectivity index (χ0n) is 34.6. The normalized spacial score (nSPS) is 12.1. The average Bonchev–Trinajstić information content (AvgIpc) is 4.09. The van der Waals surface area contributed by atoms with Crippen molar-refractivity contribution in [1.29, 1.82) is 0 Å². The highest BCUT2D eigenvalue weighted by molar-refractivity contribution is 6.18. The fourth-order valence-corrected chi connectivity index (χ4v) is 10.8. The maximum atomic E-state index is 5.75. The third kappa shape index (κ3) is 4.86. The lowest BCUT2D eigenvalue weighted by Gasteiger charge is -2.20. The second kappa shape index (κ2) is 13.4. The fraction of sp³-hybridized carbons (Fsp3) is 0. The number of nitrogens with zero attached hydrogens (tertiary/aromatic N) is 5. The topological polar surface area (TPSA) is 32.6 Å². The lowest BCUT2D eigenvalue weighted by Crippen LogP contribution is -2.06. The van der Waals surface area contributed by atoms with Gasteiger partial charge in [-0.3, -0.25) is 9.13 Å². The van der Waals surface area contributed by atoms with E-state index in [4.69, 9.17) is 4.98 Å². The minimum absolute atomic E-state index is 0.847. The Morgan fingerprint density at radius 3 is 1.00 bits per heavy atom. The summed E-state index contributed by atoms with van der Waals surface area (Å²) >= 11 is 0. The number of rotatable bonds is 5. The molecule has 5 nitrogen and oxygen atoms in total. The molecule has 0 saturated heterocycles. The zero-order valence-corrected chi connectivity index (χ0v) is 34.6. The monoisotopic (exact) mass is 815 g/mol. The molecule has 0 aliphatic carbocycles. The Labute approximate surface area is 367 Å². The first-order valence-electron chi connectivity index (χ1n) is 21.9. The van der Waals surface area contributed by atoms with Crippen molar-refractivity contribution in [3.8, 4) is 34.1 Å². The minimum Gasteiger partial charge on any atom is -0.309 e. The van der Waals surface area contributed by atoms with Crippen molar-refractivity contribution in [2.75, 3.05) is 0 Å². The van der Waals surface area contributed by atoms with E-state index in [9.17, 15) is 0 Å². The standard InChI is InChI=1S/C59H37N5/c1-2-18-39(19-3-1)61-48-27-11-10-26-46(48)47-34-35-55(62-49-28-12-4-20-40(49)41-21-5-13-29-50(41)62)58(59(47)61)38-36-56(63-51-30-14-6-22-42(51)43-23-7-15-31-52(43)63)60-57(37-38)64-53-32-16-8-24-44(53)45-25-9-17-33-54(45)64/h1-37H. The first kappa shape index (κ1) is 35.0. The first-order chi connectivity index (χ1) is 31.8. The van der Waals surface area contributed by atoms with Crippen LogP contribution in [0.3, 0.4) is 0 Å². The summed E-state index contributed by atoms with van der Waals surface area (Å²) in [6.07, 6.45) is 0. The molecule has 0 amide bonds. The van der Waals surface area contributed by atoms with Crippen molar-refractivity contribution >= 4 is 87.2 Å². The van der Waals surface area contributed by atoms with Gasteiger partial charge in [-0.05, 0) is 78.4 Å². The molecule has 0 radical (unpaired) electrons. The maximum absolute atomic E-state index is 5.75. The number of aromatic nitrogens is 5. The van der Waals surface area contributed by atoms with Crippen LogP contribution in [0.15, 0.2) is 224 Å². The lowest BCUT2D eigenvalue weighted by atomic mass is 9.99. The summed E-state index contributed by atoms with van der Waals surface area (Å²) in [6.45, 7) is 0. The summed E-state index contributed by atoms with van der Waals surface area (Å²) in [5, 5.41) is 9.62. The van der Waals surface area contributed by atoms with Crippen molar-refractivity contribution in [1.82, 2.24) is 23.3 Å². The molecule has 5 aromatic heterocycles. The van der Waals surface area contributed by atoms with E-state index in [1.54, 1.807) is 0 Å². The summed E-state index contributed by atoms with van der Waals surface area (Å²) in [5.74, 6) is 1.69. The molecule has 0 unspecified atom stereocenters. The number of hydrogen-bond acceptors (Lipinski definition) is 1. The highest BCUT2D eigenvalue weighted by Crippen LogP contribution is 2.45. The molecule has 0 fully saturated rings. The van der Waals surface area contributed by atoms with Gasteiger partial charge in [-0.1, -0.05) is 152 Å². The molecular formula is C59H37N5. The van der Waals surface area contributed by atoms with Gasteiger partial charge in [0.25, 0.3) is 0 Å². The summed E-state index contributed by atoms with van der Waals surface area (Å²) in [4.78, 5) is 5.75. The third-order valence-corrected chi connectivity index (χ3v) is 13.4. The van der Waals surface area contributed by atoms with Crippen LogP contribution in [0.5, 0.6) is 0 Å². The van der Waals surface area contributed by atoms with E-state index in [1.165, 1.54) is 43.1 Å². The number of benzene rings is 9. The molecular weight excluding hydrogens is 779 g/mol. The van der Waals surface area contributed by atoms with Crippen molar-refractivity contribution in [2.24, 2.45) is 0 Å². The largest absolute Gasteiger partial charge is 0.309 e. The van der Waals surface area contributed by atoms with Crippen LogP contribution < -0.4 is 0 Å². The molecule has 9 aromatic carbocycles. The van der Waals surface area contributed by atoms with Crippen LogP contribution in [0.1, 0.15) is 0 Å². The van der Waals surface area contributed by atoms with Crippen LogP contribution in [-0.4, -0.2) is 23.3 Å². The van der Waals surface area contributed by atoms with Gasteiger partial charge in [-0.2, -0.15) is 0 Å². The van der Waals surface area contributed by atoms with Gasteiger partial charge in [0.2, 0.25) is 0 Å². The van der Waals surface area contributed by atoms with Gasteiger partial charge in [0, 0.05) is 54.3 Å². The van der Waals surface area contributed by atoms with E-state index < -0.39 is 0 Å². The molecule has 5 heteroatoms. The molecule has 14 aromatic rings. The van der Waals surface area contributed by atoms with Crippen molar-refractivity contribution in [2.45, 2.75) is 0 Å². The molecule has 0 bridgehead atoms. The Hall–Kier alpha value is -8.67. The molecule has 0 aliphatic rings. The Balaban J connectivity index is 1.21. The molecule has 5 heterocycles. The molecule has 0 N–H and O–H groups in total. The summed E-state index contributed by atoms with van der Waals surface area (Å²) in [7, 11) is 0. The van der Waals surface area contributed by atoms with Gasteiger partial charge in [-0.15, -0.1) is 0 Å². The Morgan fingerprint density at radius 2 is 0.594 bits per heavy atom. The second-order valence-electron chi connectivity index (χ2n) is 16.7. The van der Waals surface area contributed by atoms with E-state index in [1.807, 2.05) is 0 Å². The fourth-order valence-electron chi connectivity index (χ4n) is 10.8. The van der Waals surface area contributed by atoms with E-state index in [-0.39, 0.29) is 0 Å². The highest BCUT2D eigenvalue weighted by atomic mass is 15.1. The van der Waals surface area contributed by atoms with E-state index in [2.05, 4.69) is 243 Å². The minimum atomic E-state index is 0.847. The van der Waals surface area contributed by atoms with E-state index in [0.29, 0.717) is 0 Å². The smallest absolute Gasteiger partial charge is 0.140 e. The SMILES string of the molecule is c1ccc(-n2c3ccccc3c3ccc(-n4c5ccccc5c5ccccc54)c(-c4cc(-n5c6ccccc6c6ccccc65)nc(-n5c6ccccc6c6ccccc65)c4)c32)cc1. The van der Waals surface area contributed by atoms with E-state index >= 15 is 0 Å². The molecule has 0 spiro atoms. The predicted octanol–water partition coefficient (Wildman–Crippen LogP) is 15.1. The van der Waals surface area contributed by atoms with Crippen LogP contribution in [-0.2, 0) is 0 Å². The molecule has 0 aliphatic heterocycles. The van der Waals surface area contributed by atoms with Crippen LogP contribution in [0.4, 0.5) is 0 Å². The second-order valence-corrected chi connectivity index (χ2v) is 16.7.